The van der Waals surface area contributed by atoms with Crippen LogP contribution in [0.2, 0.25) is 0 Å². The highest BCUT2D eigenvalue weighted by molar-refractivity contribution is 6.05. The van der Waals surface area contributed by atoms with Gasteiger partial charge in [-0.15, -0.1) is 0 Å². The SMILES string of the molecule is CCC/C=C1\OC(=O)c2c(OC)cccc21. The van der Waals surface area contributed by atoms with Gasteiger partial charge in [0.15, 0.2) is 0 Å². The minimum Gasteiger partial charge on any atom is -0.496 e. The summed E-state index contributed by atoms with van der Waals surface area (Å²) < 4.78 is 10.4. The molecule has 0 spiro atoms. The van der Waals surface area contributed by atoms with E-state index in [2.05, 4.69) is 6.92 Å². The zero-order valence-corrected chi connectivity index (χ0v) is 9.45. The molecule has 1 aromatic rings. The first kappa shape index (κ1) is 10.7. The molecule has 0 atom stereocenters. The van der Waals surface area contributed by atoms with Gasteiger partial charge in [-0.05, 0) is 18.6 Å². The van der Waals surface area contributed by atoms with Crippen LogP contribution < -0.4 is 4.74 Å². The first-order valence-corrected chi connectivity index (χ1v) is 5.37. The molecule has 1 aromatic carbocycles. The monoisotopic (exact) mass is 218 g/mol. The normalized spacial score (nSPS) is 16.1. The third-order valence-corrected chi connectivity index (χ3v) is 2.54. The van der Waals surface area contributed by atoms with Crippen molar-refractivity contribution in [1.82, 2.24) is 0 Å². The number of esters is 1. The summed E-state index contributed by atoms with van der Waals surface area (Å²) in [5, 5.41) is 0. The minimum atomic E-state index is -0.324. The molecule has 1 heterocycles. The molecular formula is C13H14O3. The Morgan fingerprint density at radius 2 is 2.25 bits per heavy atom. The van der Waals surface area contributed by atoms with Gasteiger partial charge < -0.3 is 9.47 Å². The molecule has 0 unspecified atom stereocenters. The number of hydrogen-bond acceptors (Lipinski definition) is 3. The summed E-state index contributed by atoms with van der Waals surface area (Å²) >= 11 is 0. The standard InChI is InChI=1S/C13H14O3/c1-3-4-7-10-9-6-5-8-11(15-2)12(9)13(14)16-10/h5-8H,3-4H2,1-2H3/b10-7-. The van der Waals surface area contributed by atoms with E-state index in [0.29, 0.717) is 17.1 Å². The zero-order valence-electron chi connectivity index (χ0n) is 9.45. The van der Waals surface area contributed by atoms with Crippen molar-refractivity contribution in [2.75, 3.05) is 7.11 Å². The number of allylic oxidation sites excluding steroid dienone is 1. The largest absolute Gasteiger partial charge is 0.496 e. The summed E-state index contributed by atoms with van der Waals surface area (Å²) in [7, 11) is 1.55. The van der Waals surface area contributed by atoms with Crippen molar-refractivity contribution < 1.29 is 14.3 Å². The second-order valence-electron chi connectivity index (χ2n) is 3.63. The van der Waals surface area contributed by atoms with E-state index < -0.39 is 0 Å². The molecule has 0 N–H and O–H groups in total. The average molecular weight is 218 g/mol. The predicted octanol–water partition coefficient (Wildman–Crippen LogP) is 3.01. The molecule has 3 heteroatoms. The number of benzene rings is 1. The summed E-state index contributed by atoms with van der Waals surface area (Å²) in [5.74, 6) is 0.901. The van der Waals surface area contributed by atoms with Gasteiger partial charge in [0, 0.05) is 5.56 Å². The second kappa shape index (κ2) is 4.39. The fourth-order valence-corrected chi connectivity index (χ4v) is 1.75. The van der Waals surface area contributed by atoms with Gasteiger partial charge in [0.2, 0.25) is 0 Å². The number of cyclic esters (lactones) is 1. The van der Waals surface area contributed by atoms with Gasteiger partial charge >= 0.3 is 5.97 Å². The van der Waals surface area contributed by atoms with E-state index in [-0.39, 0.29) is 5.97 Å². The molecule has 16 heavy (non-hydrogen) atoms. The van der Waals surface area contributed by atoms with Crippen molar-refractivity contribution in [2.24, 2.45) is 0 Å². The molecule has 1 aliphatic heterocycles. The van der Waals surface area contributed by atoms with Gasteiger partial charge in [-0.25, -0.2) is 4.79 Å². The number of rotatable bonds is 3. The number of fused-ring (bicyclic) bond motifs is 1. The number of hydrogen-bond donors (Lipinski definition) is 0. The van der Waals surface area contributed by atoms with Gasteiger partial charge in [0.25, 0.3) is 0 Å². The highest BCUT2D eigenvalue weighted by Crippen LogP contribution is 2.35. The van der Waals surface area contributed by atoms with Crippen LogP contribution in [0.3, 0.4) is 0 Å². The summed E-state index contributed by atoms with van der Waals surface area (Å²) in [6, 6.07) is 5.51. The summed E-state index contributed by atoms with van der Waals surface area (Å²) in [4.78, 5) is 11.7. The lowest BCUT2D eigenvalue weighted by atomic mass is 10.1. The van der Waals surface area contributed by atoms with Crippen LogP contribution in [0.25, 0.3) is 5.76 Å². The maximum atomic E-state index is 11.7. The molecule has 0 radical (unpaired) electrons. The van der Waals surface area contributed by atoms with E-state index in [9.17, 15) is 4.79 Å². The topological polar surface area (TPSA) is 35.5 Å². The number of ether oxygens (including phenoxy) is 2. The molecule has 0 aromatic heterocycles. The number of unbranched alkanes of at least 4 members (excludes halogenated alkanes) is 1. The lowest BCUT2D eigenvalue weighted by Gasteiger charge is -2.02. The Morgan fingerprint density at radius 1 is 1.44 bits per heavy atom. The van der Waals surface area contributed by atoms with E-state index in [1.165, 1.54) is 0 Å². The van der Waals surface area contributed by atoms with Gasteiger partial charge in [-0.3, -0.25) is 0 Å². The first-order chi connectivity index (χ1) is 7.77. The molecule has 0 amide bonds. The van der Waals surface area contributed by atoms with E-state index in [1.54, 1.807) is 13.2 Å². The van der Waals surface area contributed by atoms with Crippen molar-refractivity contribution >= 4 is 11.7 Å². The lowest BCUT2D eigenvalue weighted by molar-refractivity contribution is 0.0712. The Balaban J connectivity index is 2.47. The molecular weight excluding hydrogens is 204 g/mol. The van der Waals surface area contributed by atoms with Crippen molar-refractivity contribution in [1.29, 1.82) is 0 Å². The van der Waals surface area contributed by atoms with Gasteiger partial charge in [0.05, 0.1) is 7.11 Å². The molecule has 84 valence electrons. The molecule has 1 aliphatic rings. The summed E-state index contributed by atoms with van der Waals surface area (Å²) in [5.41, 5.74) is 1.37. The van der Waals surface area contributed by atoms with Crippen molar-refractivity contribution in [3.05, 3.63) is 35.4 Å². The van der Waals surface area contributed by atoms with Crippen LogP contribution in [0.4, 0.5) is 0 Å². The molecule has 0 fully saturated rings. The van der Waals surface area contributed by atoms with E-state index >= 15 is 0 Å². The Bertz CT molecular complexity index is 446. The van der Waals surface area contributed by atoms with Crippen LogP contribution in [0, 0.1) is 0 Å². The van der Waals surface area contributed by atoms with Crippen LogP contribution in [0.5, 0.6) is 5.75 Å². The molecule has 0 bridgehead atoms. The van der Waals surface area contributed by atoms with Crippen molar-refractivity contribution in [3.8, 4) is 5.75 Å². The van der Waals surface area contributed by atoms with E-state index in [4.69, 9.17) is 9.47 Å². The van der Waals surface area contributed by atoms with Crippen LogP contribution in [-0.4, -0.2) is 13.1 Å². The van der Waals surface area contributed by atoms with E-state index in [1.807, 2.05) is 18.2 Å². The van der Waals surface area contributed by atoms with Crippen molar-refractivity contribution in [2.45, 2.75) is 19.8 Å². The number of carbonyl (C=O) groups is 1. The highest BCUT2D eigenvalue weighted by atomic mass is 16.5. The predicted molar refractivity (Wildman–Crippen MR) is 61.3 cm³/mol. The van der Waals surface area contributed by atoms with Crippen LogP contribution in [0.1, 0.15) is 35.7 Å². The first-order valence-electron chi connectivity index (χ1n) is 5.37. The van der Waals surface area contributed by atoms with Crippen LogP contribution >= 0.6 is 0 Å². The molecule has 3 nitrogen and oxygen atoms in total. The summed E-state index contributed by atoms with van der Waals surface area (Å²) in [6.07, 6.45) is 3.88. The third-order valence-electron chi connectivity index (χ3n) is 2.54. The molecule has 0 saturated carbocycles. The van der Waals surface area contributed by atoms with Gasteiger partial charge in [0.1, 0.15) is 17.1 Å². The zero-order chi connectivity index (χ0) is 11.5. The second-order valence-corrected chi connectivity index (χ2v) is 3.63. The average Bonchev–Trinajstić information content (AvgIpc) is 2.64. The Morgan fingerprint density at radius 3 is 2.94 bits per heavy atom. The molecule has 2 rings (SSSR count). The molecule has 0 aliphatic carbocycles. The lowest BCUT2D eigenvalue weighted by Crippen LogP contribution is -1.97. The Labute approximate surface area is 94.7 Å². The fraction of sp³-hybridized carbons (Fsp3) is 0.308. The van der Waals surface area contributed by atoms with Crippen molar-refractivity contribution in [3.63, 3.8) is 0 Å². The Kier molecular flexibility index (Phi) is 2.95. The highest BCUT2D eigenvalue weighted by Gasteiger charge is 2.29. The van der Waals surface area contributed by atoms with Gasteiger partial charge in [-0.2, -0.15) is 0 Å². The maximum Gasteiger partial charge on any atom is 0.348 e. The maximum absolute atomic E-state index is 11.7. The fourth-order valence-electron chi connectivity index (χ4n) is 1.75. The van der Waals surface area contributed by atoms with E-state index in [0.717, 1.165) is 18.4 Å². The molecule has 0 saturated heterocycles. The van der Waals surface area contributed by atoms with Crippen LogP contribution in [0.15, 0.2) is 24.3 Å². The van der Waals surface area contributed by atoms with Gasteiger partial charge in [-0.1, -0.05) is 25.5 Å². The number of methoxy groups -OCH3 is 1. The number of carbonyl (C=O) groups excluding carboxylic acids is 1. The summed E-state index contributed by atoms with van der Waals surface area (Å²) in [6.45, 7) is 2.08. The Hall–Kier alpha value is -1.77. The smallest absolute Gasteiger partial charge is 0.348 e. The van der Waals surface area contributed by atoms with Crippen LogP contribution in [-0.2, 0) is 4.74 Å². The third kappa shape index (κ3) is 1.69. The quantitative estimate of drug-likeness (QED) is 0.731. The minimum absolute atomic E-state index is 0.324.